The Morgan fingerprint density at radius 3 is 3.00 bits per heavy atom. The normalized spacial score (nSPS) is 12.5. The molecule has 0 aromatic carbocycles. The summed E-state index contributed by atoms with van der Waals surface area (Å²) >= 11 is 1.24. The molecule has 0 spiro atoms. The molecular weight excluding hydrogens is 264 g/mol. The molecule has 102 valence electrons. The Kier molecular flexibility index (Phi) is 4.26. The van der Waals surface area contributed by atoms with E-state index in [0.29, 0.717) is 0 Å². The topological polar surface area (TPSA) is 72.9 Å². The molecule has 0 saturated carbocycles. The van der Waals surface area contributed by atoms with E-state index in [1.54, 1.807) is 18.7 Å². The van der Waals surface area contributed by atoms with Crippen LogP contribution in [0.2, 0.25) is 0 Å². The number of aryl methyl sites for hydroxylation is 1. The van der Waals surface area contributed by atoms with E-state index in [1.807, 2.05) is 17.7 Å². The Hall–Kier alpha value is -1.76. The van der Waals surface area contributed by atoms with Gasteiger partial charge in [0.1, 0.15) is 0 Å². The second-order valence-corrected chi connectivity index (χ2v) is 5.29. The second kappa shape index (κ2) is 5.92. The number of nitrogens with zero attached hydrogens (tertiary/aromatic N) is 4. The maximum Gasteiger partial charge on any atom is 0.313 e. The molecule has 0 bridgehead atoms. The monoisotopic (exact) mass is 280 g/mol. The van der Waals surface area contributed by atoms with E-state index in [4.69, 9.17) is 5.11 Å². The third kappa shape index (κ3) is 3.37. The van der Waals surface area contributed by atoms with Crippen LogP contribution in [0.4, 0.5) is 0 Å². The molecule has 1 atom stereocenters. The predicted molar refractivity (Wildman–Crippen MR) is 72.3 cm³/mol. The molecule has 1 N–H and O–H groups in total. The van der Waals surface area contributed by atoms with Gasteiger partial charge in [-0.1, -0.05) is 11.8 Å². The van der Waals surface area contributed by atoms with E-state index in [-0.39, 0.29) is 11.8 Å². The SMILES string of the molecule is Cc1cnc(SCC(=O)O)n1C(C)Cn1ccnc1. The van der Waals surface area contributed by atoms with Gasteiger partial charge in [-0.2, -0.15) is 0 Å². The smallest absolute Gasteiger partial charge is 0.313 e. The zero-order valence-corrected chi connectivity index (χ0v) is 11.7. The van der Waals surface area contributed by atoms with Crippen LogP contribution in [0.5, 0.6) is 0 Å². The summed E-state index contributed by atoms with van der Waals surface area (Å²) in [6.45, 7) is 4.83. The Morgan fingerprint density at radius 1 is 1.58 bits per heavy atom. The van der Waals surface area contributed by atoms with E-state index in [0.717, 1.165) is 17.4 Å². The first-order valence-corrected chi connectivity index (χ1v) is 6.90. The number of imidazole rings is 2. The number of carbonyl (C=O) groups is 1. The number of hydrogen-bond acceptors (Lipinski definition) is 4. The van der Waals surface area contributed by atoms with Crippen LogP contribution in [0.15, 0.2) is 30.1 Å². The Labute approximate surface area is 115 Å². The molecule has 1 unspecified atom stereocenters. The summed E-state index contributed by atoms with van der Waals surface area (Å²) in [4.78, 5) is 18.9. The van der Waals surface area contributed by atoms with Crippen LogP contribution < -0.4 is 0 Å². The maximum absolute atomic E-state index is 10.6. The third-order valence-corrected chi connectivity index (χ3v) is 3.70. The first-order chi connectivity index (χ1) is 9.08. The fraction of sp³-hybridized carbons (Fsp3) is 0.417. The highest BCUT2D eigenvalue weighted by atomic mass is 32.2. The molecule has 2 rings (SSSR count). The van der Waals surface area contributed by atoms with Crippen LogP contribution in [0.1, 0.15) is 18.7 Å². The fourth-order valence-electron chi connectivity index (χ4n) is 1.97. The molecule has 2 aromatic rings. The lowest BCUT2D eigenvalue weighted by atomic mass is 10.3. The van der Waals surface area contributed by atoms with Gasteiger partial charge in [0, 0.05) is 30.8 Å². The average molecular weight is 280 g/mol. The van der Waals surface area contributed by atoms with Crippen LogP contribution in [-0.2, 0) is 11.3 Å². The van der Waals surface area contributed by atoms with Crippen molar-refractivity contribution in [3.05, 3.63) is 30.6 Å². The summed E-state index contributed by atoms with van der Waals surface area (Å²) in [6.07, 6.45) is 7.20. The van der Waals surface area contributed by atoms with Crippen LogP contribution >= 0.6 is 11.8 Å². The first-order valence-electron chi connectivity index (χ1n) is 5.92. The quantitative estimate of drug-likeness (QED) is 0.817. The molecule has 6 nitrogen and oxygen atoms in total. The summed E-state index contributed by atoms with van der Waals surface area (Å²) in [5, 5.41) is 9.49. The van der Waals surface area contributed by atoms with Gasteiger partial charge in [-0.05, 0) is 13.8 Å². The van der Waals surface area contributed by atoms with Gasteiger partial charge in [-0.25, -0.2) is 9.97 Å². The van der Waals surface area contributed by atoms with Crippen molar-refractivity contribution in [2.45, 2.75) is 31.6 Å². The van der Waals surface area contributed by atoms with Crippen LogP contribution in [0.25, 0.3) is 0 Å². The van der Waals surface area contributed by atoms with Crippen molar-refractivity contribution in [2.24, 2.45) is 0 Å². The number of aromatic nitrogens is 4. The molecule has 0 aliphatic carbocycles. The molecule has 0 saturated heterocycles. The van der Waals surface area contributed by atoms with E-state index < -0.39 is 5.97 Å². The van der Waals surface area contributed by atoms with E-state index in [2.05, 4.69) is 21.5 Å². The van der Waals surface area contributed by atoms with E-state index in [9.17, 15) is 4.79 Å². The summed E-state index contributed by atoms with van der Waals surface area (Å²) in [5.41, 5.74) is 1.03. The molecule has 0 aliphatic heterocycles. The van der Waals surface area contributed by atoms with Gasteiger partial charge in [-0.15, -0.1) is 0 Å². The first kappa shape index (κ1) is 13.7. The summed E-state index contributed by atoms with van der Waals surface area (Å²) in [5.74, 6) is -0.812. The van der Waals surface area contributed by atoms with Crippen molar-refractivity contribution in [1.29, 1.82) is 0 Å². The minimum Gasteiger partial charge on any atom is -0.481 e. The van der Waals surface area contributed by atoms with Gasteiger partial charge in [0.2, 0.25) is 0 Å². The van der Waals surface area contributed by atoms with Gasteiger partial charge in [0.05, 0.1) is 18.1 Å². The van der Waals surface area contributed by atoms with Crippen molar-refractivity contribution >= 4 is 17.7 Å². The van der Waals surface area contributed by atoms with Crippen LogP contribution in [0, 0.1) is 6.92 Å². The second-order valence-electron chi connectivity index (χ2n) is 4.34. The zero-order valence-electron chi connectivity index (χ0n) is 10.9. The van der Waals surface area contributed by atoms with E-state index >= 15 is 0 Å². The highest BCUT2D eigenvalue weighted by Gasteiger charge is 2.15. The Morgan fingerprint density at radius 2 is 2.37 bits per heavy atom. The molecule has 7 heteroatoms. The van der Waals surface area contributed by atoms with Gasteiger partial charge < -0.3 is 14.2 Å². The largest absolute Gasteiger partial charge is 0.481 e. The number of rotatable bonds is 6. The molecule has 2 heterocycles. The lowest BCUT2D eigenvalue weighted by Gasteiger charge is -2.18. The lowest BCUT2D eigenvalue weighted by molar-refractivity contribution is -0.133. The number of hydrogen-bond donors (Lipinski definition) is 1. The summed E-state index contributed by atoms with van der Waals surface area (Å²) < 4.78 is 4.06. The lowest BCUT2D eigenvalue weighted by Crippen LogP contribution is -2.15. The maximum atomic E-state index is 10.6. The van der Waals surface area contributed by atoms with Crippen LogP contribution in [0.3, 0.4) is 0 Å². The number of thioether (sulfide) groups is 1. The third-order valence-electron chi connectivity index (χ3n) is 2.75. The van der Waals surface area contributed by atoms with E-state index in [1.165, 1.54) is 11.8 Å². The minimum atomic E-state index is -0.834. The zero-order chi connectivity index (χ0) is 13.8. The molecule has 19 heavy (non-hydrogen) atoms. The standard InChI is InChI=1S/C12H16N4O2S/c1-9-5-14-12(19-7-11(17)18)16(9)10(2)6-15-4-3-13-8-15/h3-5,8,10H,6-7H2,1-2H3,(H,17,18). The number of aliphatic carboxylic acids is 1. The van der Waals surface area contributed by atoms with Gasteiger partial charge in [-0.3, -0.25) is 4.79 Å². The number of carboxylic acid groups (broad SMARTS) is 1. The van der Waals surface area contributed by atoms with Gasteiger partial charge >= 0.3 is 5.97 Å². The van der Waals surface area contributed by atoms with Crippen LogP contribution in [-0.4, -0.2) is 35.9 Å². The Balaban J connectivity index is 2.13. The van der Waals surface area contributed by atoms with Crippen molar-refractivity contribution in [2.75, 3.05) is 5.75 Å². The summed E-state index contributed by atoms with van der Waals surface area (Å²) in [7, 11) is 0. The summed E-state index contributed by atoms with van der Waals surface area (Å²) in [6, 6.07) is 0.188. The van der Waals surface area contributed by atoms with Crippen molar-refractivity contribution in [1.82, 2.24) is 19.1 Å². The molecule has 0 fully saturated rings. The molecule has 0 aliphatic rings. The Bertz CT molecular complexity index is 550. The van der Waals surface area contributed by atoms with Crippen molar-refractivity contribution in [3.63, 3.8) is 0 Å². The van der Waals surface area contributed by atoms with Crippen molar-refractivity contribution < 1.29 is 9.90 Å². The predicted octanol–water partition coefficient (Wildman–Crippen LogP) is 1.83. The molecular formula is C12H16N4O2S. The highest BCUT2D eigenvalue weighted by Crippen LogP contribution is 2.23. The van der Waals surface area contributed by atoms with Gasteiger partial charge in [0.15, 0.2) is 5.16 Å². The average Bonchev–Trinajstić information content (AvgIpc) is 2.96. The highest BCUT2D eigenvalue weighted by molar-refractivity contribution is 7.99. The number of carboxylic acids is 1. The molecule has 0 amide bonds. The molecule has 2 aromatic heterocycles. The van der Waals surface area contributed by atoms with Gasteiger partial charge in [0.25, 0.3) is 0 Å². The molecule has 0 radical (unpaired) electrons. The minimum absolute atomic E-state index is 0.0221. The fourth-order valence-corrected chi connectivity index (χ4v) is 2.82. The van der Waals surface area contributed by atoms with Crippen molar-refractivity contribution in [3.8, 4) is 0 Å².